The summed E-state index contributed by atoms with van der Waals surface area (Å²) >= 11 is 0. The first-order valence-electron chi connectivity index (χ1n) is 4.81. The van der Waals surface area contributed by atoms with Crippen molar-refractivity contribution < 1.29 is 14.3 Å². The molecule has 0 spiro atoms. The first kappa shape index (κ1) is 12.1. The van der Waals surface area contributed by atoms with E-state index in [0.717, 1.165) is 25.5 Å². The SMILES string of the molecule is CCCC[C@@H](CCC=O)OC(C)=O. The Bertz CT molecular complexity index is 154. The Morgan fingerprint density at radius 2 is 2.15 bits per heavy atom. The van der Waals surface area contributed by atoms with Gasteiger partial charge in [0.1, 0.15) is 12.4 Å². The normalized spacial score (nSPS) is 12.2. The second-order valence-electron chi connectivity index (χ2n) is 3.12. The number of rotatable bonds is 7. The Balaban J connectivity index is 3.72. The summed E-state index contributed by atoms with van der Waals surface area (Å²) in [6.07, 6.45) is 4.91. The molecule has 0 aliphatic heterocycles. The number of carbonyl (C=O) groups is 2. The van der Waals surface area contributed by atoms with Crippen molar-refractivity contribution in [2.24, 2.45) is 0 Å². The molecule has 1 atom stereocenters. The highest BCUT2D eigenvalue weighted by Gasteiger charge is 2.10. The molecule has 0 aromatic carbocycles. The molecule has 0 saturated carbocycles. The largest absolute Gasteiger partial charge is 0.463 e. The van der Waals surface area contributed by atoms with Crippen LogP contribution in [0.25, 0.3) is 0 Å². The van der Waals surface area contributed by atoms with Gasteiger partial charge in [-0.05, 0) is 12.8 Å². The van der Waals surface area contributed by atoms with E-state index >= 15 is 0 Å². The molecule has 0 aromatic rings. The van der Waals surface area contributed by atoms with Crippen molar-refractivity contribution in [1.29, 1.82) is 0 Å². The molecule has 0 heterocycles. The summed E-state index contributed by atoms with van der Waals surface area (Å²) < 4.78 is 5.06. The number of esters is 1. The van der Waals surface area contributed by atoms with Crippen LogP contribution in [-0.4, -0.2) is 18.4 Å². The highest BCUT2D eigenvalue weighted by Crippen LogP contribution is 2.10. The van der Waals surface area contributed by atoms with Gasteiger partial charge < -0.3 is 9.53 Å². The first-order valence-corrected chi connectivity index (χ1v) is 4.81. The average Bonchev–Trinajstić information content (AvgIpc) is 2.09. The summed E-state index contributed by atoms with van der Waals surface area (Å²) in [6.45, 7) is 3.49. The number of aldehydes is 1. The highest BCUT2D eigenvalue weighted by molar-refractivity contribution is 5.66. The summed E-state index contributed by atoms with van der Waals surface area (Å²) in [5, 5.41) is 0. The van der Waals surface area contributed by atoms with E-state index in [2.05, 4.69) is 6.92 Å². The van der Waals surface area contributed by atoms with Crippen LogP contribution in [-0.2, 0) is 14.3 Å². The van der Waals surface area contributed by atoms with Crippen molar-refractivity contribution in [2.75, 3.05) is 0 Å². The Labute approximate surface area is 79.5 Å². The van der Waals surface area contributed by atoms with Gasteiger partial charge in [-0.2, -0.15) is 0 Å². The molecule has 0 N–H and O–H groups in total. The Morgan fingerprint density at radius 3 is 2.62 bits per heavy atom. The van der Waals surface area contributed by atoms with Crippen LogP contribution in [0, 0.1) is 0 Å². The minimum atomic E-state index is -0.257. The van der Waals surface area contributed by atoms with Gasteiger partial charge in [-0.3, -0.25) is 4.79 Å². The van der Waals surface area contributed by atoms with Crippen LogP contribution in [0.1, 0.15) is 46.0 Å². The van der Waals surface area contributed by atoms with E-state index in [0.29, 0.717) is 12.8 Å². The molecule has 13 heavy (non-hydrogen) atoms. The predicted octanol–water partition coefficient (Wildman–Crippen LogP) is 2.09. The third-order valence-corrected chi connectivity index (χ3v) is 1.82. The smallest absolute Gasteiger partial charge is 0.302 e. The van der Waals surface area contributed by atoms with Gasteiger partial charge in [0, 0.05) is 13.3 Å². The molecule has 0 fully saturated rings. The molecule has 76 valence electrons. The molecule has 0 unspecified atom stereocenters. The molecule has 0 radical (unpaired) electrons. The Kier molecular flexibility index (Phi) is 7.26. The van der Waals surface area contributed by atoms with Gasteiger partial charge in [0.2, 0.25) is 0 Å². The molecule has 3 nitrogen and oxygen atoms in total. The van der Waals surface area contributed by atoms with E-state index in [1.807, 2.05) is 0 Å². The Hall–Kier alpha value is -0.860. The lowest BCUT2D eigenvalue weighted by molar-refractivity contribution is -0.147. The minimum absolute atomic E-state index is 0.0670. The van der Waals surface area contributed by atoms with Crippen LogP contribution in [0.5, 0.6) is 0 Å². The van der Waals surface area contributed by atoms with Crippen LogP contribution in [0.4, 0.5) is 0 Å². The van der Waals surface area contributed by atoms with Crippen molar-refractivity contribution in [3.63, 3.8) is 0 Å². The van der Waals surface area contributed by atoms with Gasteiger partial charge in [0.15, 0.2) is 0 Å². The second kappa shape index (κ2) is 7.77. The lowest BCUT2D eigenvalue weighted by Crippen LogP contribution is -2.16. The van der Waals surface area contributed by atoms with E-state index in [4.69, 9.17) is 4.74 Å². The lowest BCUT2D eigenvalue weighted by atomic mass is 10.1. The molecule has 0 amide bonds. The molecule has 0 aromatic heterocycles. The quantitative estimate of drug-likeness (QED) is 0.451. The fraction of sp³-hybridized carbons (Fsp3) is 0.800. The van der Waals surface area contributed by atoms with E-state index < -0.39 is 0 Å². The lowest BCUT2D eigenvalue weighted by Gasteiger charge is -2.14. The van der Waals surface area contributed by atoms with E-state index in [1.54, 1.807) is 0 Å². The van der Waals surface area contributed by atoms with Crippen LogP contribution >= 0.6 is 0 Å². The van der Waals surface area contributed by atoms with Crippen LogP contribution in [0.15, 0.2) is 0 Å². The third-order valence-electron chi connectivity index (χ3n) is 1.82. The highest BCUT2D eigenvalue weighted by atomic mass is 16.5. The maximum Gasteiger partial charge on any atom is 0.302 e. The summed E-state index contributed by atoms with van der Waals surface area (Å²) in [5.41, 5.74) is 0. The minimum Gasteiger partial charge on any atom is -0.463 e. The van der Waals surface area contributed by atoms with Crippen LogP contribution in [0.2, 0.25) is 0 Å². The maximum atomic E-state index is 10.7. The van der Waals surface area contributed by atoms with Crippen molar-refractivity contribution in [3.8, 4) is 0 Å². The molecule has 0 saturated heterocycles. The van der Waals surface area contributed by atoms with Gasteiger partial charge in [-0.25, -0.2) is 0 Å². The zero-order valence-corrected chi connectivity index (χ0v) is 8.41. The molecule has 0 bridgehead atoms. The molecule has 3 heteroatoms. The van der Waals surface area contributed by atoms with Crippen molar-refractivity contribution in [2.45, 2.75) is 52.1 Å². The number of hydrogen-bond donors (Lipinski definition) is 0. The molecular formula is C10H18O3. The molecule has 0 aliphatic rings. The average molecular weight is 186 g/mol. The van der Waals surface area contributed by atoms with Gasteiger partial charge >= 0.3 is 5.97 Å². The van der Waals surface area contributed by atoms with E-state index in [9.17, 15) is 9.59 Å². The Morgan fingerprint density at radius 1 is 1.46 bits per heavy atom. The molecule has 0 rings (SSSR count). The van der Waals surface area contributed by atoms with Gasteiger partial charge in [0.05, 0.1) is 0 Å². The fourth-order valence-corrected chi connectivity index (χ4v) is 1.18. The predicted molar refractivity (Wildman–Crippen MR) is 50.4 cm³/mol. The van der Waals surface area contributed by atoms with E-state index in [1.165, 1.54) is 6.92 Å². The number of ether oxygens (including phenoxy) is 1. The number of unbranched alkanes of at least 4 members (excludes halogenated alkanes) is 1. The van der Waals surface area contributed by atoms with Crippen molar-refractivity contribution in [1.82, 2.24) is 0 Å². The van der Waals surface area contributed by atoms with E-state index in [-0.39, 0.29) is 12.1 Å². The maximum absolute atomic E-state index is 10.7. The molecule has 0 aliphatic carbocycles. The van der Waals surface area contributed by atoms with Crippen LogP contribution < -0.4 is 0 Å². The molecular weight excluding hydrogens is 168 g/mol. The van der Waals surface area contributed by atoms with Gasteiger partial charge in [0.25, 0.3) is 0 Å². The third kappa shape index (κ3) is 7.50. The zero-order chi connectivity index (χ0) is 10.1. The summed E-state index contributed by atoms with van der Waals surface area (Å²) in [6, 6.07) is 0. The number of hydrogen-bond acceptors (Lipinski definition) is 3. The topological polar surface area (TPSA) is 43.4 Å². The zero-order valence-electron chi connectivity index (χ0n) is 8.41. The van der Waals surface area contributed by atoms with Crippen molar-refractivity contribution >= 4 is 12.3 Å². The summed E-state index contributed by atoms with van der Waals surface area (Å²) in [4.78, 5) is 20.8. The summed E-state index contributed by atoms with van der Waals surface area (Å²) in [7, 11) is 0. The van der Waals surface area contributed by atoms with Gasteiger partial charge in [-0.15, -0.1) is 0 Å². The van der Waals surface area contributed by atoms with Crippen molar-refractivity contribution in [3.05, 3.63) is 0 Å². The standard InChI is InChI=1S/C10H18O3/c1-3-4-6-10(7-5-8-11)13-9(2)12/h8,10H,3-7H2,1-2H3/t10-/m0/s1. The number of carbonyl (C=O) groups excluding carboxylic acids is 2. The van der Waals surface area contributed by atoms with Gasteiger partial charge in [-0.1, -0.05) is 19.8 Å². The first-order chi connectivity index (χ1) is 6.20. The fourth-order valence-electron chi connectivity index (χ4n) is 1.18. The second-order valence-corrected chi connectivity index (χ2v) is 3.12. The van der Waals surface area contributed by atoms with Crippen LogP contribution in [0.3, 0.4) is 0 Å². The monoisotopic (exact) mass is 186 g/mol. The summed E-state index contributed by atoms with van der Waals surface area (Å²) in [5.74, 6) is -0.257.